The van der Waals surface area contributed by atoms with Crippen LogP contribution in [0.5, 0.6) is 0 Å². The molecule has 0 aliphatic carbocycles. The number of carbonyl (C=O) groups excluding carboxylic acids is 1. The Morgan fingerprint density at radius 1 is 1.00 bits per heavy atom. The van der Waals surface area contributed by atoms with Crippen LogP contribution in [0, 0.1) is 13.8 Å². The second-order valence-corrected chi connectivity index (χ2v) is 11.0. The summed E-state index contributed by atoms with van der Waals surface area (Å²) in [4.78, 5) is 13.0. The number of hydrogen-bond acceptors (Lipinski definition) is 3. The van der Waals surface area contributed by atoms with E-state index in [9.17, 15) is 13.2 Å². The lowest BCUT2D eigenvalue weighted by molar-refractivity contribution is -0.122. The van der Waals surface area contributed by atoms with E-state index < -0.39 is 16.1 Å². The summed E-state index contributed by atoms with van der Waals surface area (Å²) < 4.78 is 26.4. The second-order valence-electron chi connectivity index (χ2n) is 9.13. The van der Waals surface area contributed by atoms with Gasteiger partial charge in [0.05, 0.1) is 18.0 Å². The number of rotatable bonds is 6. The zero-order valence-corrected chi connectivity index (χ0v) is 20.1. The van der Waals surface area contributed by atoms with Gasteiger partial charge in [-0.1, -0.05) is 57.2 Å². The van der Waals surface area contributed by atoms with Crippen molar-refractivity contribution in [2.45, 2.75) is 66.0 Å². The molecule has 0 aliphatic rings. The van der Waals surface area contributed by atoms with Crippen LogP contribution in [0.15, 0.2) is 42.5 Å². The summed E-state index contributed by atoms with van der Waals surface area (Å²) in [7, 11) is -3.65. The first-order valence-corrected chi connectivity index (χ1v) is 12.0. The first-order chi connectivity index (χ1) is 13.7. The van der Waals surface area contributed by atoms with Gasteiger partial charge in [0.25, 0.3) is 0 Å². The molecule has 2 aromatic carbocycles. The lowest BCUT2D eigenvalue weighted by Gasteiger charge is -2.30. The van der Waals surface area contributed by atoms with Gasteiger partial charge in [-0.2, -0.15) is 0 Å². The van der Waals surface area contributed by atoms with Gasteiger partial charge in [0.1, 0.15) is 6.04 Å². The Labute approximate surface area is 181 Å². The van der Waals surface area contributed by atoms with Crippen LogP contribution in [-0.4, -0.2) is 26.6 Å². The fraction of sp³-hybridized carbons (Fsp3) is 0.458. The van der Waals surface area contributed by atoms with Gasteiger partial charge in [-0.25, -0.2) is 8.42 Å². The molecule has 1 N–H and O–H groups in total. The number of aryl methyl sites for hydroxylation is 2. The Morgan fingerprint density at radius 3 is 2.07 bits per heavy atom. The average molecular weight is 431 g/mol. The maximum absolute atomic E-state index is 13.0. The highest BCUT2D eigenvalue weighted by Gasteiger charge is 2.31. The van der Waals surface area contributed by atoms with E-state index in [0.717, 1.165) is 22.9 Å². The molecule has 6 heteroatoms. The van der Waals surface area contributed by atoms with Gasteiger partial charge in [-0.3, -0.25) is 9.10 Å². The molecule has 0 bridgehead atoms. The molecule has 0 aliphatic heterocycles. The summed E-state index contributed by atoms with van der Waals surface area (Å²) >= 11 is 0. The van der Waals surface area contributed by atoms with E-state index in [1.54, 1.807) is 13.0 Å². The monoisotopic (exact) mass is 430 g/mol. The van der Waals surface area contributed by atoms with Crippen LogP contribution >= 0.6 is 0 Å². The van der Waals surface area contributed by atoms with Crippen molar-refractivity contribution in [1.82, 2.24) is 5.32 Å². The molecule has 2 rings (SSSR count). The van der Waals surface area contributed by atoms with Crippen molar-refractivity contribution >= 4 is 21.6 Å². The number of carbonyl (C=O) groups is 1. The Balaban J connectivity index is 2.26. The molecular weight excluding hydrogens is 396 g/mol. The third-order valence-corrected chi connectivity index (χ3v) is 6.55. The number of benzene rings is 2. The first-order valence-electron chi connectivity index (χ1n) is 10.2. The predicted octanol–water partition coefficient (Wildman–Crippen LogP) is 4.63. The van der Waals surface area contributed by atoms with E-state index in [0.29, 0.717) is 5.69 Å². The Bertz CT molecular complexity index is 1010. The molecule has 0 radical (unpaired) electrons. The summed E-state index contributed by atoms with van der Waals surface area (Å²) in [6.07, 6.45) is 1.13. The zero-order chi connectivity index (χ0) is 22.9. The fourth-order valence-electron chi connectivity index (χ4n) is 3.43. The first kappa shape index (κ1) is 23.9. The van der Waals surface area contributed by atoms with Crippen LogP contribution < -0.4 is 9.62 Å². The van der Waals surface area contributed by atoms with E-state index >= 15 is 0 Å². The van der Waals surface area contributed by atoms with Gasteiger partial charge in [0.15, 0.2) is 0 Å². The smallest absolute Gasteiger partial charge is 0.244 e. The summed E-state index contributed by atoms with van der Waals surface area (Å²) in [5.41, 5.74) is 4.52. The van der Waals surface area contributed by atoms with Crippen molar-refractivity contribution in [3.8, 4) is 0 Å². The average Bonchev–Trinajstić information content (AvgIpc) is 2.62. The zero-order valence-electron chi connectivity index (χ0n) is 19.3. The van der Waals surface area contributed by atoms with Crippen LogP contribution in [0.25, 0.3) is 0 Å². The van der Waals surface area contributed by atoms with Crippen LogP contribution in [0.3, 0.4) is 0 Å². The Morgan fingerprint density at radius 2 is 1.57 bits per heavy atom. The number of hydrogen-bond donors (Lipinski definition) is 1. The van der Waals surface area contributed by atoms with E-state index in [1.165, 1.54) is 9.87 Å². The van der Waals surface area contributed by atoms with Crippen molar-refractivity contribution < 1.29 is 13.2 Å². The molecule has 0 spiro atoms. The summed E-state index contributed by atoms with van der Waals surface area (Å²) in [6.45, 7) is 13.7. The van der Waals surface area contributed by atoms with Gasteiger partial charge in [-0.05, 0) is 61.4 Å². The maximum Gasteiger partial charge on any atom is 0.244 e. The lowest BCUT2D eigenvalue weighted by Crippen LogP contribution is -2.48. The van der Waals surface area contributed by atoms with Gasteiger partial charge in [0, 0.05) is 0 Å². The van der Waals surface area contributed by atoms with E-state index in [4.69, 9.17) is 0 Å². The molecule has 164 valence electrons. The quantitative estimate of drug-likeness (QED) is 0.726. The molecule has 2 unspecified atom stereocenters. The van der Waals surface area contributed by atoms with E-state index in [-0.39, 0.29) is 17.4 Å². The number of nitrogens with zero attached hydrogens (tertiary/aromatic N) is 1. The Hall–Kier alpha value is -2.34. The van der Waals surface area contributed by atoms with Crippen molar-refractivity contribution in [2.75, 3.05) is 10.6 Å². The van der Waals surface area contributed by atoms with Crippen LogP contribution in [0.1, 0.15) is 62.9 Å². The third kappa shape index (κ3) is 5.63. The van der Waals surface area contributed by atoms with Crippen LogP contribution in [0.2, 0.25) is 0 Å². The largest absolute Gasteiger partial charge is 0.348 e. The minimum atomic E-state index is -3.65. The molecule has 5 nitrogen and oxygen atoms in total. The van der Waals surface area contributed by atoms with Gasteiger partial charge < -0.3 is 5.32 Å². The molecule has 0 heterocycles. The Kier molecular flexibility index (Phi) is 7.02. The number of sulfonamides is 1. The van der Waals surface area contributed by atoms with Crippen molar-refractivity contribution in [1.29, 1.82) is 0 Å². The molecule has 0 saturated carbocycles. The van der Waals surface area contributed by atoms with Crippen molar-refractivity contribution in [3.05, 3.63) is 64.7 Å². The van der Waals surface area contributed by atoms with Crippen molar-refractivity contribution in [3.63, 3.8) is 0 Å². The minimum Gasteiger partial charge on any atom is -0.348 e. The van der Waals surface area contributed by atoms with Crippen LogP contribution in [0.4, 0.5) is 5.69 Å². The summed E-state index contributed by atoms with van der Waals surface area (Å²) in [6, 6.07) is 12.6. The SMILES string of the molecule is Cc1ccc(C)c(N(C(C)C(=O)NC(C)c2ccc(C(C)(C)C)cc2)S(C)(=O)=O)c1. The summed E-state index contributed by atoms with van der Waals surface area (Å²) in [5, 5.41) is 2.97. The molecule has 0 aromatic heterocycles. The highest BCUT2D eigenvalue weighted by Crippen LogP contribution is 2.27. The third-order valence-electron chi connectivity index (χ3n) is 5.33. The minimum absolute atomic E-state index is 0.0567. The summed E-state index contributed by atoms with van der Waals surface area (Å²) in [5.74, 6) is -0.339. The predicted molar refractivity (Wildman–Crippen MR) is 124 cm³/mol. The molecular formula is C24H34N2O3S. The van der Waals surface area contributed by atoms with Gasteiger partial charge >= 0.3 is 0 Å². The van der Waals surface area contributed by atoms with E-state index in [2.05, 4.69) is 38.2 Å². The second kappa shape index (κ2) is 8.80. The molecule has 30 heavy (non-hydrogen) atoms. The molecule has 0 fully saturated rings. The standard InChI is InChI=1S/C24H34N2O3S/c1-16-9-10-17(2)22(15-16)26(30(8,28)29)19(4)23(27)25-18(3)20-11-13-21(14-12-20)24(5,6)7/h9-15,18-19H,1-8H3,(H,25,27). The fourth-order valence-corrected chi connectivity index (χ4v) is 4.65. The van der Waals surface area contributed by atoms with Crippen molar-refractivity contribution in [2.24, 2.45) is 0 Å². The number of anilines is 1. The molecule has 2 atom stereocenters. The van der Waals surface area contributed by atoms with Gasteiger partial charge in [-0.15, -0.1) is 0 Å². The van der Waals surface area contributed by atoms with Crippen LogP contribution in [-0.2, 0) is 20.2 Å². The number of amides is 1. The maximum atomic E-state index is 13.0. The molecule has 1 amide bonds. The van der Waals surface area contributed by atoms with E-state index in [1.807, 2.05) is 45.0 Å². The molecule has 0 saturated heterocycles. The highest BCUT2D eigenvalue weighted by atomic mass is 32.2. The lowest BCUT2D eigenvalue weighted by atomic mass is 9.86. The number of nitrogens with one attached hydrogen (secondary N) is 1. The topological polar surface area (TPSA) is 66.5 Å². The molecule has 2 aromatic rings. The normalized spacial score (nSPS) is 14.1. The van der Waals surface area contributed by atoms with Gasteiger partial charge in [0.2, 0.25) is 15.9 Å². The highest BCUT2D eigenvalue weighted by molar-refractivity contribution is 7.92.